The van der Waals surface area contributed by atoms with E-state index in [0.29, 0.717) is 14.2 Å². The van der Waals surface area contributed by atoms with Crippen LogP contribution in [0.4, 0.5) is 26.3 Å². The van der Waals surface area contributed by atoms with Gasteiger partial charge >= 0.3 is 12.2 Å². The van der Waals surface area contributed by atoms with Crippen molar-refractivity contribution in [1.82, 2.24) is 0 Å². The Kier molecular flexibility index (Phi) is 7.78. The Balaban J connectivity index is 4.50. The number of rotatable bonds is 10. The normalized spacial score (nSPS) is 17.9. The highest BCUT2D eigenvalue weighted by atomic mass is 19.3. The van der Waals surface area contributed by atoms with Crippen molar-refractivity contribution in [3.05, 3.63) is 0 Å². The fourth-order valence-electron chi connectivity index (χ4n) is 1.05. The largest absolute Gasteiger partial charge is 0.411 e. The lowest BCUT2D eigenvalue weighted by Crippen LogP contribution is -2.42. The van der Waals surface area contributed by atoms with Crippen LogP contribution in [-0.2, 0) is 18.9 Å². The maximum Gasteiger partial charge on any atom is 0.411 e. The molecule has 0 aliphatic rings. The first kappa shape index (κ1) is 19.4. The molecule has 0 fully saturated rings. The van der Waals surface area contributed by atoms with E-state index >= 15 is 0 Å². The molecule has 122 valence electrons. The van der Waals surface area contributed by atoms with Crippen LogP contribution in [0.2, 0.25) is 0 Å². The molecule has 3 atom stereocenters. The molecule has 0 aromatic rings. The van der Waals surface area contributed by atoms with Crippen molar-refractivity contribution in [2.24, 2.45) is 0 Å². The van der Waals surface area contributed by atoms with Gasteiger partial charge < -0.3 is 18.9 Å². The van der Waals surface area contributed by atoms with Gasteiger partial charge in [0.25, 0.3) is 12.7 Å². The summed E-state index contributed by atoms with van der Waals surface area (Å²) in [5.41, 5.74) is 0. The summed E-state index contributed by atoms with van der Waals surface area (Å²) in [6, 6.07) is 0. The van der Waals surface area contributed by atoms with Crippen molar-refractivity contribution in [2.75, 3.05) is 20.8 Å². The van der Waals surface area contributed by atoms with Crippen LogP contribution in [0.5, 0.6) is 0 Å². The molecular weight excluding hydrogens is 298 g/mol. The SMILES string of the molecule is CCC(COC(F)(F)C(F)OC)OC(F)(F)C(F)OC. The molecule has 20 heavy (non-hydrogen) atoms. The molecule has 10 heteroatoms. The first-order valence-electron chi connectivity index (χ1n) is 5.51. The fraction of sp³-hybridized carbons (Fsp3) is 1.00. The molecule has 0 saturated carbocycles. The predicted octanol–water partition coefficient (Wildman–Crippen LogP) is 2.87. The van der Waals surface area contributed by atoms with Gasteiger partial charge in [-0.05, 0) is 6.42 Å². The molecule has 0 amide bonds. The Morgan fingerprint density at radius 1 is 0.900 bits per heavy atom. The zero-order valence-electron chi connectivity index (χ0n) is 11.0. The van der Waals surface area contributed by atoms with Gasteiger partial charge in [0.05, 0.1) is 12.7 Å². The summed E-state index contributed by atoms with van der Waals surface area (Å²) in [5, 5.41) is 0. The summed E-state index contributed by atoms with van der Waals surface area (Å²) < 4.78 is 92.5. The van der Waals surface area contributed by atoms with Crippen molar-refractivity contribution in [3.63, 3.8) is 0 Å². The van der Waals surface area contributed by atoms with Gasteiger partial charge in [-0.1, -0.05) is 6.92 Å². The number of hydrogen-bond acceptors (Lipinski definition) is 4. The lowest BCUT2D eigenvalue weighted by atomic mass is 10.3. The number of alkyl halides is 6. The molecule has 0 aliphatic heterocycles. The molecule has 4 nitrogen and oxygen atoms in total. The summed E-state index contributed by atoms with van der Waals surface area (Å²) in [6.07, 6.45) is -16.6. The molecular formula is C10H16F6O4. The second-order valence-electron chi connectivity index (χ2n) is 3.69. The van der Waals surface area contributed by atoms with E-state index in [1.54, 1.807) is 0 Å². The lowest BCUT2D eigenvalue weighted by molar-refractivity contribution is -0.364. The third-order valence-electron chi connectivity index (χ3n) is 2.18. The van der Waals surface area contributed by atoms with E-state index in [1.807, 2.05) is 0 Å². The molecule has 0 N–H and O–H groups in total. The minimum atomic E-state index is -4.34. The molecule has 0 aromatic heterocycles. The van der Waals surface area contributed by atoms with Crippen molar-refractivity contribution in [1.29, 1.82) is 0 Å². The van der Waals surface area contributed by atoms with Crippen LogP contribution in [0.3, 0.4) is 0 Å². The van der Waals surface area contributed by atoms with Crippen LogP contribution in [0, 0.1) is 0 Å². The minimum absolute atomic E-state index is 0.202. The zero-order chi connectivity index (χ0) is 16.0. The maximum atomic E-state index is 13.0. The average molecular weight is 314 g/mol. The molecule has 0 saturated heterocycles. The van der Waals surface area contributed by atoms with Gasteiger partial charge in [0, 0.05) is 14.2 Å². The van der Waals surface area contributed by atoms with E-state index in [2.05, 4.69) is 18.9 Å². The van der Waals surface area contributed by atoms with E-state index in [-0.39, 0.29) is 6.42 Å². The Morgan fingerprint density at radius 3 is 1.75 bits per heavy atom. The van der Waals surface area contributed by atoms with Crippen molar-refractivity contribution >= 4 is 0 Å². The maximum absolute atomic E-state index is 13.0. The van der Waals surface area contributed by atoms with E-state index in [0.717, 1.165) is 0 Å². The Labute approximate surface area is 111 Å². The van der Waals surface area contributed by atoms with Crippen LogP contribution in [-0.4, -0.2) is 51.9 Å². The number of ether oxygens (including phenoxy) is 4. The van der Waals surface area contributed by atoms with Crippen LogP contribution in [0.25, 0.3) is 0 Å². The molecule has 0 heterocycles. The molecule has 0 rings (SSSR count). The topological polar surface area (TPSA) is 36.9 Å². The molecule has 0 spiro atoms. The van der Waals surface area contributed by atoms with Crippen molar-refractivity contribution in [3.8, 4) is 0 Å². The highest BCUT2D eigenvalue weighted by molar-refractivity contribution is 4.65. The van der Waals surface area contributed by atoms with E-state index in [1.165, 1.54) is 6.92 Å². The first-order chi connectivity index (χ1) is 9.10. The van der Waals surface area contributed by atoms with Gasteiger partial charge in [-0.2, -0.15) is 17.6 Å². The second kappa shape index (κ2) is 8.01. The van der Waals surface area contributed by atoms with E-state index < -0.39 is 37.6 Å². The van der Waals surface area contributed by atoms with Crippen LogP contribution in [0.1, 0.15) is 13.3 Å². The molecule has 0 aliphatic carbocycles. The first-order valence-corrected chi connectivity index (χ1v) is 5.51. The van der Waals surface area contributed by atoms with Gasteiger partial charge in [0.2, 0.25) is 0 Å². The van der Waals surface area contributed by atoms with E-state index in [9.17, 15) is 26.3 Å². The smallest absolute Gasteiger partial charge is 0.345 e. The molecule has 0 aromatic carbocycles. The zero-order valence-corrected chi connectivity index (χ0v) is 11.0. The van der Waals surface area contributed by atoms with Gasteiger partial charge in [-0.3, -0.25) is 0 Å². The van der Waals surface area contributed by atoms with E-state index in [4.69, 9.17) is 0 Å². The molecule has 0 bridgehead atoms. The minimum Gasteiger partial charge on any atom is -0.345 e. The summed E-state index contributed by atoms with van der Waals surface area (Å²) in [6.45, 7) is 0.227. The van der Waals surface area contributed by atoms with Gasteiger partial charge in [-0.15, -0.1) is 0 Å². The van der Waals surface area contributed by atoms with Crippen molar-refractivity contribution < 1.29 is 45.3 Å². The van der Waals surface area contributed by atoms with Crippen LogP contribution >= 0.6 is 0 Å². The second-order valence-corrected chi connectivity index (χ2v) is 3.69. The van der Waals surface area contributed by atoms with Gasteiger partial charge in [0.1, 0.15) is 0 Å². The highest BCUT2D eigenvalue weighted by Crippen LogP contribution is 2.28. The lowest BCUT2D eigenvalue weighted by Gasteiger charge is -2.27. The van der Waals surface area contributed by atoms with Crippen LogP contribution in [0.15, 0.2) is 0 Å². The number of halogens is 6. The van der Waals surface area contributed by atoms with Gasteiger partial charge in [-0.25, -0.2) is 8.78 Å². The summed E-state index contributed by atoms with van der Waals surface area (Å²) in [5.74, 6) is 0. The Morgan fingerprint density at radius 2 is 1.35 bits per heavy atom. The number of methoxy groups -OCH3 is 2. The summed E-state index contributed by atoms with van der Waals surface area (Å²) in [7, 11) is 1.36. The summed E-state index contributed by atoms with van der Waals surface area (Å²) in [4.78, 5) is 0. The third-order valence-corrected chi connectivity index (χ3v) is 2.18. The van der Waals surface area contributed by atoms with Crippen molar-refractivity contribution in [2.45, 2.75) is 44.4 Å². The number of hydrogen-bond donors (Lipinski definition) is 0. The van der Waals surface area contributed by atoms with Gasteiger partial charge in [0.15, 0.2) is 0 Å². The van der Waals surface area contributed by atoms with Crippen LogP contribution < -0.4 is 0 Å². The quantitative estimate of drug-likeness (QED) is 0.581. The predicted molar refractivity (Wildman–Crippen MR) is 54.8 cm³/mol. The monoisotopic (exact) mass is 314 g/mol. The standard InChI is InChI=1S/C10H16F6O4/c1-4-6(20-10(15,16)8(12)18-3)5-19-9(13,14)7(11)17-2/h6-8H,4-5H2,1-3H3. The molecule has 0 radical (unpaired) electrons. The Bertz CT molecular complexity index is 278. The highest BCUT2D eigenvalue weighted by Gasteiger charge is 2.46. The third kappa shape index (κ3) is 5.81. The Hall–Kier alpha value is -0.580. The molecule has 3 unspecified atom stereocenters. The summed E-state index contributed by atoms with van der Waals surface area (Å²) >= 11 is 0. The fourth-order valence-corrected chi connectivity index (χ4v) is 1.05. The average Bonchev–Trinajstić information content (AvgIpc) is 2.41.